The number of carboxylic acids is 1. The fraction of sp³-hybridized carbons (Fsp3) is 0.462. The van der Waals surface area contributed by atoms with Crippen LogP contribution in [0.4, 0.5) is 0 Å². The van der Waals surface area contributed by atoms with E-state index in [-0.39, 0.29) is 18.8 Å². The molecule has 2 rings (SSSR count). The van der Waals surface area contributed by atoms with E-state index in [1.165, 1.54) is 4.31 Å². The minimum Gasteiger partial charge on any atom is -0.481 e. The summed E-state index contributed by atoms with van der Waals surface area (Å²) in [6.45, 7) is 1.81. The van der Waals surface area contributed by atoms with Crippen molar-refractivity contribution in [3.05, 3.63) is 34.9 Å². The molecule has 7 heteroatoms. The summed E-state index contributed by atoms with van der Waals surface area (Å²) in [5.41, 5.74) is -0.480. The van der Waals surface area contributed by atoms with Crippen LogP contribution in [0.1, 0.15) is 18.9 Å². The number of carbonyl (C=O) groups is 1. The van der Waals surface area contributed by atoms with E-state index in [1.807, 2.05) is 0 Å². The Bertz CT molecular complexity index is 631. The standard InChI is InChI=1S/C13H16ClNO4S/c1-13(12(16)17)6-7-15(9-13)20(18,19)8-10-4-2-3-5-11(10)14/h2-5H,6-9H2,1H3,(H,16,17). The van der Waals surface area contributed by atoms with Crippen LogP contribution in [0, 0.1) is 5.41 Å². The zero-order chi connectivity index (χ0) is 15.0. The van der Waals surface area contributed by atoms with E-state index in [1.54, 1.807) is 31.2 Å². The lowest BCUT2D eigenvalue weighted by Gasteiger charge is -2.20. The summed E-state index contributed by atoms with van der Waals surface area (Å²) in [6.07, 6.45) is 0.323. The fourth-order valence-corrected chi connectivity index (χ4v) is 4.19. The summed E-state index contributed by atoms with van der Waals surface area (Å²) in [7, 11) is -3.55. The first kappa shape index (κ1) is 15.3. The van der Waals surface area contributed by atoms with Gasteiger partial charge >= 0.3 is 5.97 Å². The summed E-state index contributed by atoms with van der Waals surface area (Å²) < 4.78 is 25.9. The second-order valence-corrected chi connectivity index (χ2v) is 7.67. The Morgan fingerprint density at radius 3 is 2.65 bits per heavy atom. The van der Waals surface area contributed by atoms with Crippen LogP contribution in [0.15, 0.2) is 24.3 Å². The molecule has 1 aliphatic rings. The molecule has 1 aromatic rings. The number of hydrogen-bond acceptors (Lipinski definition) is 3. The summed E-state index contributed by atoms with van der Waals surface area (Å²) in [5, 5.41) is 9.55. The van der Waals surface area contributed by atoms with E-state index in [9.17, 15) is 13.2 Å². The average Bonchev–Trinajstić information content (AvgIpc) is 2.77. The van der Waals surface area contributed by atoms with Gasteiger partial charge in [0, 0.05) is 18.1 Å². The first-order valence-electron chi connectivity index (χ1n) is 6.19. The summed E-state index contributed by atoms with van der Waals surface area (Å²) in [5.74, 6) is -1.17. The molecule has 20 heavy (non-hydrogen) atoms. The van der Waals surface area contributed by atoms with Crippen molar-refractivity contribution in [1.29, 1.82) is 0 Å². The predicted molar refractivity (Wildman–Crippen MR) is 76.0 cm³/mol. The number of hydrogen-bond donors (Lipinski definition) is 1. The van der Waals surface area contributed by atoms with Gasteiger partial charge in [-0.3, -0.25) is 4.79 Å². The quantitative estimate of drug-likeness (QED) is 0.921. The highest BCUT2D eigenvalue weighted by Crippen LogP contribution is 2.33. The maximum atomic E-state index is 12.3. The third-order valence-corrected chi connectivity index (χ3v) is 5.79. The monoisotopic (exact) mass is 317 g/mol. The Hall–Kier alpha value is -1.11. The van der Waals surface area contributed by atoms with E-state index in [0.717, 1.165) is 0 Å². The van der Waals surface area contributed by atoms with Crippen LogP contribution in [-0.2, 0) is 20.6 Å². The number of rotatable bonds is 4. The lowest BCUT2D eigenvalue weighted by molar-refractivity contribution is -0.146. The Kier molecular flexibility index (Phi) is 4.09. The van der Waals surface area contributed by atoms with Crippen molar-refractivity contribution in [1.82, 2.24) is 4.31 Å². The van der Waals surface area contributed by atoms with E-state index < -0.39 is 21.4 Å². The second-order valence-electron chi connectivity index (χ2n) is 5.30. The molecule has 1 N–H and O–H groups in total. The van der Waals surface area contributed by atoms with Gasteiger partial charge in [-0.25, -0.2) is 12.7 Å². The highest BCUT2D eigenvalue weighted by atomic mass is 35.5. The summed E-state index contributed by atoms with van der Waals surface area (Å²) in [4.78, 5) is 11.2. The molecule has 0 amide bonds. The Morgan fingerprint density at radius 2 is 2.10 bits per heavy atom. The Labute approximate surface area is 123 Å². The molecule has 1 fully saturated rings. The van der Waals surface area contributed by atoms with E-state index in [4.69, 9.17) is 16.7 Å². The van der Waals surface area contributed by atoms with Crippen LogP contribution in [-0.4, -0.2) is 36.9 Å². The van der Waals surface area contributed by atoms with Crippen molar-refractivity contribution in [3.8, 4) is 0 Å². The largest absolute Gasteiger partial charge is 0.481 e. The molecule has 1 aliphatic heterocycles. The molecule has 1 unspecified atom stereocenters. The number of benzene rings is 1. The molecule has 1 atom stereocenters. The molecule has 0 spiro atoms. The maximum absolute atomic E-state index is 12.3. The molecule has 0 aliphatic carbocycles. The number of halogens is 1. The number of nitrogens with zero attached hydrogens (tertiary/aromatic N) is 1. The summed E-state index contributed by atoms with van der Waals surface area (Å²) in [6, 6.07) is 6.75. The molecular formula is C13H16ClNO4S. The van der Waals surface area contributed by atoms with Crippen molar-refractivity contribution >= 4 is 27.6 Å². The van der Waals surface area contributed by atoms with Gasteiger partial charge in [-0.1, -0.05) is 29.8 Å². The van der Waals surface area contributed by atoms with Gasteiger partial charge in [0.2, 0.25) is 10.0 Å². The lowest BCUT2D eigenvalue weighted by Crippen LogP contribution is -2.35. The van der Waals surface area contributed by atoms with Gasteiger partial charge in [-0.2, -0.15) is 0 Å². The minimum atomic E-state index is -3.55. The SMILES string of the molecule is CC1(C(=O)O)CCN(S(=O)(=O)Cc2ccccc2Cl)C1. The summed E-state index contributed by atoms with van der Waals surface area (Å²) >= 11 is 5.97. The highest BCUT2D eigenvalue weighted by molar-refractivity contribution is 7.88. The van der Waals surface area contributed by atoms with E-state index >= 15 is 0 Å². The first-order chi connectivity index (χ1) is 9.24. The topological polar surface area (TPSA) is 74.7 Å². The molecule has 5 nitrogen and oxygen atoms in total. The van der Waals surface area contributed by atoms with Crippen LogP contribution in [0.3, 0.4) is 0 Å². The van der Waals surface area contributed by atoms with Gasteiger partial charge in [0.1, 0.15) is 0 Å². The van der Waals surface area contributed by atoms with Crippen LogP contribution in [0.5, 0.6) is 0 Å². The average molecular weight is 318 g/mol. The fourth-order valence-electron chi connectivity index (χ4n) is 2.23. The first-order valence-corrected chi connectivity index (χ1v) is 8.18. The van der Waals surface area contributed by atoms with Crippen molar-refractivity contribution in [2.45, 2.75) is 19.1 Å². The normalized spacial score (nSPS) is 23.9. The van der Waals surface area contributed by atoms with Crippen molar-refractivity contribution in [2.75, 3.05) is 13.1 Å². The molecular weight excluding hydrogens is 302 g/mol. The van der Waals surface area contributed by atoms with Crippen molar-refractivity contribution < 1.29 is 18.3 Å². The lowest BCUT2D eigenvalue weighted by atomic mass is 9.90. The molecule has 110 valence electrons. The predicted octanol–water partition coefficient (Wildman–Crippen LogP) is 1.97. The van der Waals surface area contributed by atoms with E-state index in [0.29, 0.717) is 17.0 Å². The zero-order valence-corrected chi connectivity index (χ0v) is 12.6. The smallest absolute Gasteiger partial charge is 0.310 e. The number of sulfonamides is 1. The van der Waals surface area contributed by atoms with Gasteiger partial charge in [0.05, 0.1) is 11.2 Å². The van der Waals surface area contributed by atoms with Crippen molar-refractivity contribution in [2.24, 2.45) is 5.41 Å². The molecule has 0 radical (unpaired) electrons. The molecule has 1 saturated heterocycles. The van der Waals surface area contributed by atoms with Gasteiger partial charge in [0.15, 0.2) is 0 Å². The second kappa shape index (κ2) is 5.35. The highest BCUT2D eigenvalue weighted by Gasteiger charge is 2.44. The van der Waals surface area contributed by atoms with Gasteiger partial charge in [-0.05, 0) is 25.0 Å². The zero-order valence-electron chi connectivity index (χ0n) is 11.0. The number of carboxylic acid groups (broad SMARTS) is 1. The molecule has 0 aromatic heterocycles. The van der Waals surface area contributed by atoms with Gasteiger partial charge in [-0.15, -0.1) is 0 Å². The number of aliphatic carboxylic acids is 1. The van der Waals surface area contributed by atoms with Gasteiger partial charge < -0.3 is 5.11 Å². The van der Waals surface area contributed by atoms with Crippen LogP contribution in [0.25, 0.3) is 0 Å². The molecule has 1 aromatic carbocycles. The third kappa shape index (κ3) is 2.97. The Morgan fingerprint density at radius 1 is 1.45 bits per heavy atom. The molecule has 1 heterocycles. The van der Waals surface area contributed by atoms with Crippen molar-refractivity contribution in [3.63, 3.8) is 0 Å². The minimum absolute atomic E-state index is 0.00905. The van der Waals surface area contributed by atoms with Gasteiger partial charge in [0.25, 0.3) is 0 Å². The van der Waals surface area contributed by atoms with Crippen LogP contribution in [0.2, 0.25) is 5.02 Å². The maximum Gasteiger partial charge on any atom is 0.310 e. The molecule has 0 saturated carbocycles. The van der Waals surface area contributed by atoms with Crippen LogP contribution < -0.4 is 0 Å². The molecule has 0 bridgehead atoms. The Balaban J connectivity index is 2.17. The van der Waals surface area contributed by atoms with E-state index in [2.05, 4.69) is 0 Å². The van der Waals surface area contributed by atoms with Crippen LogP contribution >= 0.6 is 11.6 Å². The third-order valence-electron chi connectivity index (χ3n) is 3.64.